The lowest BCUT2D eigenvalue weighted by Crippen LogP contribution is -3.08. The molecule has 8 unspecified atom stereocenters. The van der Waals surface area contributed by atoms with Crippen LogP contribution >= 0.6 is 31.9 Å². The number of halogens is 2. The average molecular weight is 1180 g/mol. The lowest BCUT2D eigenvalue weighted by Gasteiger charge is -2.33. The maximum atomic E-state index is 11.3. The number of epoxide rings is 2. The second kappa shape index (κ2) is 36.5. The third-order valence-electron chi connectivity index (χ3n) is 12.7. The molecule has 0 amide bonds. The van der Waals surface area contributed by atoms with Crippen LogP contribution in [0.15, 0.2) is 0 Å². The second-order valence-corrected chi connectivity index (χ2v) is 19.9. The number of aliphatic hydroxyl groups is 5. The molecule has 7 fully saturated rings. The van der Waals surface area contributed by atoms with E-state index in [0.29, 0.717) is 158 Å². The minimum absolute atomic E-state index is 0.00942. The quantitative estimate of drug-likeness (QED) is 0.0158. The van der Waals surface area contributed by atoms with E-state index in [4.69, 9.17) is 43.7 Å². The summed E-state index contributed by atoms with van der Waals surface area (Å²) in [7, 11) is 0. The van der Waals surface area contributed by atoms with E-state index in [1.54, 1.807) is 0 Å². The SMILES string of the molecule is C1OC1C1CO1.O=[N+]([O-])OC(COC1CC[NH+]([O-])CC1)C(COC1CC[NH+]([O-])CC1)O[N+](=O)[O-].OC(CBr)C(O)CBr.[O-][NH+]1CCC(O)CC1.[O-][NH+]1CCC(OCC(O)C(O)COC2CC[NH+]([O-])CC2)CC1. The van der Waals surface area contributed by atoms with E-state index in [0.717, 1.165) is 13.2 Å². The maximum absolute atomic E-state index is 11.3. The molecule has 7 rings (SSSR count). The topological polar surface area (TPSA) is 405 Å². The van der Waals surface area contributed by atoms with Crippen LogP contribution in [0.2, 0.25) is 0 Å². The predicted molar refractivity (Wildman–Crippen MR) is 256 cm³/mol. The van der Waals surface area contributed by atoms with E-state index >= 15 is 0 Å². The normalized spacial score (nSPS) is 33.5. The van der Waals surface area contributed by atoms with Crippen molar-refractivity contribution >= 4 is 31.9 Å². The molecule has 72 heavy (non-hydrogen) atoms. The fourth-order valence-electron chi connectivity index (χ4n) is 7.78. The number of nitrogens with zero attached hydrogens (tertiary/aromatic N) is 2. The highest BCUT2D eigenvalue weighted by atomic mass is 79.9. The van der Waals surface area contributed by atoms with E-state index in [2.05, 4.69) is 41.5 Å². The Labute approximate surface area is 435 Å². The smallest absolute Gasteiger partial charge is 0.294 e. The molecule has 7 aliphatic rings. The fourth-order valence-corrected chi connectivity index (χ4v) is 8.64. The summed E-state index contributed by atoms with van der Waals surface area (Å²) in [4.78, 5) is 30.7. The van der Waals surface area contributed by atoms with Crippen LogP contribution in [0.1, 0.15) is 64.2 Å². The van der Waals surface area contributed by atoms with Gasteiger partial charge in [-0.1, -0.05) is 31.9 Å². The lowest BCUT2D eigenvalue weighted by molar-refractivity contribution is -0.855. The van der Waals surface area contributed by atoms with Crippen molar-refractivity contribution in [1.82, 2.24) is 0 Å². The largest absolute Gasteiger partial charge is 0.634 e. The summed E-state index contributed by atoms with van der Waals surface area (Å²) in [5.74, 6) is 0. The molecule has 0 aliphatic carbocycles. The number of aliphatic hydroxyl groups excluding tert-OH is 5. The van der Waals surface area contributed by atoms with Gasteiger partial charge in [0.15, 0.2) is 12.2 Å². The number of piperidine rings is 5. The van der Waals surface area contributed by atoms with Gasteiger partial charge in [-0.25, -0.2) is 0 Å². The molecule has 31 heteroatoms. The summed E-state index contributed by atoms with van der Waals surface area (Å²) in [6.07, 6.45) is 0.194. The average Bonchev–Trinajstić information content (AvgIpc) is 4.31. The van der Waals surface area contributed by atoms with Gasteiger partial charge < -0.3 is 115 Å². The summed E-state index contributed by atoms with van der Waals surface area (Å²) in [6.45, 7) is 6.10. The minimum atomic E-state index is -1.37. The molecule has 0 aromatic heterocycles. The van der Waals surface area contributed by atoms with Crippen LogP contribution in [0.4, 0.5) is 0 Å². The van der Waals surface area contributed by atoms with Crippen molar-refractivity contribution in [3.05, 3.63) is 46.3 Å². The molecule has 7 aliphatic heterocycles. The summed E-state index contributed by atoms with van der Waals surface area (Å²) in [6, 6.07) is 0. The zero-order chi connectivity index (χ0) is 53.0. The Morgan fingerprint density at radius 1 is 0.458 bits per heavy atom. The first-order valence-electron chi connectivity index (χ1n) is 24.8. The monoisotopic (exact) mass is 1180 g/mol. The molecule has 8 atom stereocenters. The molecular weight excluding hydrogens is 1100 g/mol. The van der Waals surface area contributed by atoms with Crippen molar-refractivity contribution in [2.24, 2.45) is 0 Å². The molecule has 0 radical (unpaired) electrons. The molecular formula is C41H79Br2N7O22. The Balaban J connectivity index is 0.000000270. The zero-order valence-corrected chi connectivity index (χ0v) is 43.8. The number of hydrogen-bond donors (Lipinski definition) is 10. The third kappa shape index (κ3) is 29.7. The molecule has 7 saturated heterocycles. The van der Waals surface area contributed by atoms with Gasteiger partial charge >= 0.3 is 0 Å². The van der Waals surface area contributed by atoms with E-state index in [-0.39, 0.29) is 77.2 Å². The van der Waals surface area contributed by atoms with Crippen LogP contribution in [-0.2, 0) is 38.1 Å². The summed E-state index contributed by atoms with van der Waals surface area (Å²) in [5.41, 5.74) is 0. The van der Waals surface area contributed by atoms with E-state index in [1.165, 1.54) is 0 Å². The summed E-state index contributed by atoms with van der Waals surface area (Å²) in [5, 5.41) is 123. The fraction of sp³-hybridized carbons (Fsp3) is 1.00. The number of ether oxygens (including phenoxy) is 6. The maximum Gasteiger partial charge on any atom is 0.294 e. The zero-order valence-electron chi connectivity index (χ0n) is 40.6. The van der Waals surface area contributed by atoms with Crippen molar-refractivity contribution in [1.29, 1.82) is 0 Å². The molecule has 0 aromatic carbocycles. The highest BCUT2D eigenvalue weighted by Gasteiger charge is 2.41. The molecule has 29 nitrogen and oxygen atoms in total. The van der Waals surface area contributed by atoms with Crippen molar-refractivity contribution in [3.8, 4) is 0 Å². The van der Waals surface area contributed by atoms with Gasteiger partial charge in [0.25, 0.3) is 10.2 Å². The third-order valence-corrected chi connectivity index (χ3v) is 14.0. The van der Waals surface area contributed by atoms with Gasteiger partial charge in [-0.05, 0) is 0 Å². The van der Waals surface area contributed by atoms with Crippen LogP contribution in [0.3, 0.4) is 0 Å². The Hall–Kier alpha value is -1.48. The predicted octanol–water partition coefficient (Wildman–Crippen LogP) is -7.10. The number of alkyl halides is 2. The summed E-state index contributed by atoms with van der Waals surface area (Å²) >= 11 is 6.05. The van der Waals surface area contributed by atoms with Gasteiger partial charge in [-0.15, -0.1) is 20.2 Å². The standard InChI is InChI=1S/C14H26N4O10.C14H28N2O6.C5H11NO2.C4H8Br2O2.C4H6O2/c19-15-5-1-11(2-6-15)25-9-13(27-17(21)22)14(28-18(23)24)10-26-12-3-7-16(20)8-4-12;17-13(9-21-11-1-5-15(19)6-2-11)14(18)10-22-12-3-7-16(20)8-4-12;7-5-1-3-6(8)4-2-5;5-1-3(7)4(8)2-6;1-3(5-1)4-2-6-4/h11-16H,1-10H2;11-18H,1-10H2;5-7H,1-4H2;3-4,7-8H,1-2H2;3-4H,1-2H2. The van der Waals surface area contributed by atoms with Crippen LogP contribution < -0.4 is 25.3 Å². The molecule has 424 valence electrons. The van der Waals surface area contributed by atoms with Gasteiger partial charge in [-0.3, -0.25) is 0 Å². The second-order valence-electron chi connectivity index (χ2n) is 18.6. The van der Waals surface area contributed by atoms with Crippen LogP contribution in [0.5, 0.6) is 0 Å². The van der Waals surface area contributed by atoms with E-state index < -0.39 is 46.8 Å². The lowest BCUT2D eigenvalue weighted by atomic mass is 10.1. The van der Waals surface area contributed by atoms with Crippen molar-refractivity contribution < 1.29 is 99.1 Å². The number of nitrogens with one attached hydrogen (secondary N) is 5. The highest BCUT2D eigenvalue weighted by molar-refractivity contribution is 9.09. The highest BCUT2D eigenvalue weighted by Crippen LogP contribution is 2.25. The number of rotatable bonds is 22. The van der Waals surface area contributed by atoms with Gasteiger partial charge in [0.1, 0.15) is 24.4 Å². The Morgan fingerprint density at radius 3 is 0.903 bits per heavy atom. The molecule has 0 bridgehead atoms. The molecule has 0 aromatic rings. The number of quaternary nitrogens is 5. The van der Waals surface area contributed by atoms with Gasteiger partial charge in [0, 0.05) is 74.9 Å². The van der Waals surface area contributed by atoms with Crippen molar-refractivity contribution in [3.63, 3.8) is 0 Å². The van der Waals surface area contributed by atoms with Crippen LogP contribution in [0.25, 0.3) is 0 Å². The molecule has 10 N–H and O–H groups in total. The van der Waals surface area contributed by atoms with Gasteiger partial charge in [0.2, 0.25) is 0 Å². The van der Waals surface area contributed by atoms with Crippen molar-refractivity contribution in [2.75, 3.05) is 116 Å². The summed E-state index contributed by atoms with van der Waals surface area (Å²) < 4.78 is 32.1. The van der Waals surface area contributed by atoms with Crippen molar-refractivity contribution in [2.45, 2.75) is 144 Å². The molecule has 0 saturated carbocycles. The Morgan fingerprint density at radius 2 is 0.694 bits per heavy atom. The number of hydroxylamine groups is 10. The minimum Gasteiger partial charge on any atom is -0.634 e. The first kappa shape index (κ1) is 64.8. The van der Waals surface area contributed by atoms with E-state index in [9.17, 15) is 56.5 Å². The first-order chi connectivity index (χ1) is 34.3. The Kier molecular flexibility index (Phi) is 32.9. The van der Waals surface area contributed by atoms with Gasteiger partial charge in [-0.2, -0.15) is 0 Å². The van der Waals surface area contributed by atoms with Crippen LogP contribution in [0, 0.1) is 46.3 Å². The van der Waals surface area contributed by atoms with E-state index in [1.807, 2.05) is 0 Å². The number of hydrogen-bond acceptors (Lipinski definition) is 22. The van der Waals surface area contributed by atoms with Crippen LogP contribution in [-0.4, -0.2) is 231 Å². The Bertz CT molecular complexity index is 1310. The molecule has 7 heterocycles. The first-order valence-corrected chi connectivity index (χ1v) is 27.0. The molecule has 0 spiro atoms. The van der Waals surface area contributed by atoms with Gasteiger partial charge in [0.05, 0.1) is 148 Å².